The van der Waals surface area contributed by atoms with Gasteiger partial charge in [0.15, 0.2) is 11.5 Å². The van der Waals surface area contributed by atoms with Gasteiger partial charge in [0.2, 0.25) is 6.79 Å². The molecule has 1 amide bonds. The highest BCUT2D eigenvalue weighted by Gasteiger charge is 2.27. The number of amides is 1. The van der Waals surface area contributed by atoms with Gasteiger partial charge in [-0.1, -0.05) is 0 Å². The lowest BCUT2D eigenvalue weighted by Gasteiger charge is -2.29. The number of alkyl halides is 1. The third kappa shape index (κ3) is 2.53. The second-order valence-electron chi connectivity index (χ2n) is 4.86. The van der Waals surface area contributed by atoms with Gasteiger partial charge in [-0.3, -0.25) is 4.79 Å². The summed E-state index contributed by atoms with van der Waals surface area (Å²) in [7, 11) is 0. The summed E-state index contributed by atoms with van der Waals surface area (Å²) in [5, 5.41) is 2.73. The van der Waals surface area contributed by atoms with Gasteiger partial charge < -0.3 is 14.8 Å². The van der Waals surface area contributed by atoms with Crippen LogP contribution in [0.3, 0.4) is 0 Å². The predicted molar refractivity (Wildman–Crippen MR) is 69.4 cm³/mol. The SMILES string of the molecule is CC(Cl)C(C)(C)NC(=O)c1ccc2c(c1)OCO2. The summed E-state index contributed by atoms with van der Waals surface area (Å²) >= 11 is 6.04. The number of ether oxygens (including phenoxy) is 2. The van der Waals surface area contributed by atoms with Gasteiger partial charge in [0.05, 0.1) is 10.9 Å². The van der Waals surface area contributed by atoms with Crippen LogP contribution in [0.2, 0.25) is 0 Å². The summed E-state index contributed by atoms with van der Waals surface area (Å²) < 4.78 is 10.4. The monoisotopic (exact) mass is 269 g/mol. The standard InChI is InChI=1S/C13H16ClNO3/c1-8(14)13(2,3)15-12(16)9-4-5-10-11(6-9)18-7-17-10/h4-6,8H,7H2,1-3H3,(H,15,16). The Morgan fingerprint density at radius 3 is 2.72 bits per heavy atom. The van der Waals surface area contributed by atoms with Crippen LogP contribution in [0.25, 0.3) is 0 Å². The molecular weight excluding hydrogens is 254 g/mol. The molecule has 0 aliphatic carbocycles. The maximum atomic E-state index is 12.1. The van der Waals surface area contributed by atoms with Crippen molar-refractivity contribution in [2.24, 2.45) is 0 Å². The zero-order chi connectivity index (χ0) is 13.3. The lowest BCUT2D eigenvalue weighted by Crippen LogP contribution is -2.49. The molecule has 1 aromatic carbocycles. The third-order valence-electron chi connectivity index (χ3n) is 3.06. The molecule has 1 aliphatic rings. The largest absolute Gasteiger partial charge is 0.454 e. The third-order valence-corrected chi connectivity index (χ3v) is 3.61. The van der Waals surface area contributed by atoms with Gasteiger partial charge in [-0.05, 0) is 39.0 Å². The minimum absolute atomic E-state index is 0.171. The van der Waals surface area contributed by atoms with Crippen molar-refractivity contribution in [2.75, 3.05) is 6.79 Å². The number of carbonyl (C=O) groups is 1. The number of benzene rings is 1. The lowest BCUT2D eigenvalue weighted by atomic mass is 10.0. The quantitative estimate of drug-likeness (QED) is 0.858. The first-order chi connectivity index (χ1) is 8.40. The Bertz CT molecular complexity index is 471. The van der Waals surface area contributed by atoms with Crippen molar-refractivity contribution in [3.8, 4) is 11.5 Å². The molecule has 1 unspecified atom stereocenters. The summed E-state index contributed by atoms with van der Waals surface area (Å²) in [5.74, 6) is 1.08. The molecule has 1 aliphatic heterocycles. The number of carbonyl (C=O) groups excluding carboxylic acids is 1. The van der Waals surface area contributed by atoms with Gasteiger partial charge in [0.1, 0.15) is 0 Å². The molecule has 0 aromatic heterocycles. The van der Waals surface area contributed by atoms with E-state index in [1.165, 1.54) is 0 Å². The van der Waals surface area contributed by atoms with E-state index in [4.69, 9.17) is 21.1 Å². The van der Waals surface area contributed by atoms with Gasteiger partial charge in [-0.2, -0.15) is 0 Å². The molecule has 1 atom stereocenters. The van der Waals surface area contributed by atoms with Gasteiger partial charge in [-0.15, -0.1) is 11.6 Å². The lowest BCUT2D eigenvalue weighted by molar-refractivity contribution is 0.0912. The Hall–Kier alpha value is -1.42. The zero-order valence-electron chi connectivity index (χ0n) is 10.6. The summed E-state index contributed by atoms with van der Waals surface area (Å²) in [6, 6.07) is 5.11. The molecule has 4 nitrogen and oxygen atoms in total. The highest BCUT2D eigenvalue weighted by molar-refractivity contribution is 6.21. The first kappa shape index (κ1) is 13.0. The summed E-state index contributed by atoms with van der Waals surface area (Å²) in [6.45, 7) is 5.82. The normalized spacial score (nSPS) is 15.3. The Labute approximate surface area is 111 Å². The molecule has 1 N–H and O–H groups in total. The van der Waals surface area contributed by atoms with Crippen LogP contribution < -0.4 is 14.8 Å². The highest BCUT2D eigenvalue weighted by atomic mass is 35.5. The van der Waals surface area contributed by atoms with Crippen molar-refractivity contribution in [1.29, 1.82) is 0 Å². The van der Waals surface area contributed by atoms with E-state index in [2.05, 4.69) is 5.32 Å². The molecule has 2 rings (SSSR count). The minimum Gasteiger partial charge on any atom is -0.454 e. The molecule has 0 fully saturated rings. The van der Waals surface area contributed by atoms with Crippen LogP contribution in [0.4, 0.5) is 0 Å². The van der Waals surface area contributed by atoms with Crippen LogP contribution in [0.1, 0.15) is 31.1 Å². The van der Waals surface area contributed by atoms with Crippen molar-refractivity contribution < 1.29 is 14.3 Å². The van der Waals surface area contributed by atoms with Crippen molar-refractivity contribution in [1.82, 2.24) is 5.32 Å². The summed E-state index contributed by atoms with van der Waals surface area (Å²) in [6.07, 6.45) is 0. The molecule has 0 saturated heterocycles. The topological polar surface area (TPSA) is 47.6 Å². The van der Waals surface area contributed by atoms with Crippen molar-refractivity contribution in [3.63, 3.8) is 0 Å². The van der Waals surface area contributed by atoms with Gasteiger partial charge >= 0.3 is 0 Å². The Kier molecular flexibility index (Phi) is 3.39. The van der Waals surface area contributed by atoms with E-state index in [0.717, 1.165) is 0 Å². The average Bonchev–Trinajstić information content (AvgIpc) is 2.74. The van der Waals surface area contributed by atoms with Crippen LogP contribution in [-0.4, -0.2) is 23.6 Å². The fraction of sp³-hybridized carbons (Fsp3) is 0.462. The minimum atomic E-state index is -0.477. The molecule has 0 radical (unpaired) electrons. The van der Waals surface area contributed by atoms with E-state index in [-0.39, 0.29) is 18.1 Å². The second-order valence-corrected chi connectivity index (χ2v) is 5.51. The maximum Gasteiger partial charge on any atom is 0.251 e. The van der Waals surface area contributed by atoms with E-state index in [9.17, 15) is 4.79 Å². The van der Waals surface area contributed by atoms with Crippen LogP contribution >= 0.6 is 11.6 Å². The summed E-state index contributed by atoms with van der Waals surface area (Å²) in [4.78, 5) is 12.1. The van der Waals surface area contributed by atoms with E-state index in [0.29, 0.717) is 17.1 Å². The summed E-state index contributed by atoms with van der Waals surface area (Å²) in [5.41, 5.74) is 0.0549. The Balaban J connectivity index is 2.15. The molecule has 18 heavy (non-hydrogen) atoms. The van der Waals surface area contributed by atoms with Gasteiger partial charge in [-0.25, -0.2) is 0 Å². The van der Waals surface area contributed by atoms with Crippen molar-refractivity contribution in [3.05, 3.63) is 23.8 Å². The molecule has 0 saturated carbocycles. The first-order valence-corrected chi connectivity index (χ1v) is 6.20. The van der Waals surface area contributed by atoms with Crippen molar-refractivity contribution in [2.45, 2.75) is 31.7 Å². The number of nitrogens with one attached hydrogen (secondary N) is 1. The smallest absolute Gasteiger partial charge is 0.251 e. The fourth-order valence-corrected chi connectivity index (χ4v) is 1.56. The van der Waals surface area contributed by atoms with Crippen LogP contribution in [-0.2, 0) is 0 Å². The molecular formula is C13H16ClNO3. The number of rotatable bonds is 3. The first-order valence-electron chi connectivity index (χ1n) is 5.76. The van der Waals surface area contributed by atoms with E-state index in [1.807, 2.05) is 20.8 Å². The Morgan fingerprint density at radius 1 is 1.39 bits per heavy atom. The molecule has 0 spiro atoms. The Morgan fingerprint density at radius 2 is 2.06 bits per heavy atom. The fourth-order valence-electron chi connectivity index (χ4n) is 1.50. The van der Waals surface area contributed by atoms with Crippen LogP contribution in [0.15, 0.2) is 18.2 Å². The van der Waals surface area contributed by atoms with Crippen LogP contribution in [0, 0.1) is 0 Å². The molecule has 0 bridgehead atoms. The number of hydrogen-bond acceptors (Lipinski definition) is 3. The molecule has 1 heterocycles. The zero-order valence-corrected chi connectivity index (χ0v) is 11.4. The van der Waals surface area contributed by atoms with E-state index < -0.39 is 5.54 Å². The van der Waals surface area contributed by atoms with Crippen LogP contribution in [0.5, 0.6) is 11.5 Å². The van der Waals surface area contributed by atoms with Gasteiger partial charge in [0, 0.05) is 5.56 Å². The van der Waals surface area contributed by atoms with Gasteiger partial charge in [0.25, 0.3) is 5.91 Å². The maximum absolute atomic E-state index is 12.1. The average molecular weight is 270 g/mol. The number of halogens is 1. The molecule has 5 heteroatoms. The number of fused-ring (bicyclic) bond motifs is 1. The van der Waals surface area contributed by atoms with Crippen molar-refractivity contribution >= 4 is 17.5 Å². The molecule has 98 valence electrons. The highest BCUT2D eigenvalue weighted by Crippen LogP contribution is 2.32. The second kappa shape index (κ2) is 4.69. The number of hydrogen-bond donors (Lipinski definition) is 1. The predicted octanol–water partition coefficient (Wildman–Crippen LogP) is 2.55. The van der Waals surface area contributed by atoms with E-state index in [1.54, 1.807) is 18.2 Å². The van der Waals surface area contributed by atoms with E-state index >= 15 is 0 Å². The molecule has 1 aromatic rings.